The number of nitrogens with zero attached hydrogens (tertiary/aromatic N) is 5. The van der Waals surface area contributed by atoms with Crippen LogP contribution in [-0.2, 0) is 26.2 Å². The Morgan fingerprint density at radius 1 is 0.833 bits per heavy atom. The number of anilines is 2. The van der Waals surface area contributed by atoms with Crippen LogP contribution in [0.2, 0.25) is 10.0 Å². The summed E-state index contributed by atoms with van der Waals surface area (Å²) in [5, 5.41) is 0.992. The largest absolute Gasteiger partial charge is 0.449 e. The van der Waals surface area contributed by atoms with Crippen LogP contribution in [0.3, 0.4) is 0 Å². The van der Waals surface area contributed by atoms with Crippen molar-refractivity contribution in [3.63, 3.8) is 0 Å². The molecule has 280 valence electrons. The molecule has 14 heteroatoms. The second-order valence-electron chi connectivity index (χ2n) is 14.6. The van der Waals surface area contributed by atoms with E-state index < -0.39 is 16.1 Å². The molecular formula is C40H40Cl2N6O5S. The van der Waals surface area contributed by atoms with E-state index in [4.69, 9.17) is 32.9 Å². The summed E-state index contributed by atoms with van der Waals surface area (Å²) >= 11 is 12.8. The fraction of sp³-hybridized carbons (Fsp3) is 0.275. The van der Waals surface area contributed by atoms with Crippen LogP contribution in [0.25, 0.3) is 28.1 Å². The molecule has 2 saturated heterocycles. The van der Waals surface area contributed by atoms with Gasteiger partial charge in [-0.2, -0.15) is 8.42 Å². The summed E-state index contributed by atoms with van der Waals surface area (Å²) in [6.45, 7) is 8.98. The second kappa shape index (κ2) is 15.0. The number of imidazole rings is 1. The van der Waals surface area contributed by atoms with Crippen LogP contribution in [0, 0.1) is 5.41 Å². The number of hydrogen-bond donors (Lipinski definition) is 1. The molecule has 2 aliphatic rings. The maximum absolute atomic E-state index is 12.5. The standard InChI is InChI=1S/C40H40Cl2N6O5S/c1-40(2,3)26-53-39(50)46-20-18-45(19-21-46)31-11-8-29(9-12-31)28-6-4-27(5-7-28)22-37-43-36(34-17-10-30(41)23-35(34)42)24-47(37)32-13-15-33(16-14-32)48-25-38(49)44-54(48,51)52/h4-17,23-24H,18-22,25-26H2,1-3H3,(H,44,49). The van der Waals surface area contributed by atoms with Gasteiger partial charge in [-0.3, -0.25) is 4.79 Å². The number of nitrogens with one attached hydrogen (secondary N) is 1. The van der Waals surface area contributed by atoms with Crippen LogP contribution in [0.15, 0.2) is 97.2 Å². The molecule has 54 heavy (non-hydrogen) atoms. The quantitative estimate of drug-likeness (QED) is 0.172. The molecule has 0 unspecified atom stereocenters. The Kier molecular flexibility index (Phi) is 10.4. The van der Waals surface area contributed by atoms with Crippen LogP contribution in [0.1, 0.15) is 32.2 Å². The van der Waals surface area contributed by atoms with Crippen LogP contribution in [0.4, 0.5) is 16.2 Å². The summed E-state index contributed by atoms with van der Waals surface area (Å²) in [6, 6.07) is 29.0. The number of hydrogen-bond acceptors (Lipinski definition) is 7. The van der Waals surface area contributed by atoms with Gasteiger partial charge < -0.3 is 19.1 Å². The van der Waals surface area contributed by atoms with Crippen molar-refractivity contribution in [2.75, 3.05) is 48.5 Å². The summed E-state index contributed by atoms with van der Waals surface area (Å²) in [7, 11) is -3.93. The molecule has 0 bridgehead atoms. The van der Waals surface area contributed by atoms with Gasteiger partial charge in [0.15, 0.2) is 0 Å². The van der Waals surface area contributed by atoms with Gasteiger partial charge in [-0.25, -0.2) is 18.8 Å². The lowest BCUT2D eigenvalue weighted by Gasteiger charge is -2.36. The number of rotatable bonds is 8. The first-order valence-corrected chi connectivity index (χ1v) is 19.8. The SMILES string of the molecule is CC(C)(C)COC(=O)N1CCN(c2ccc(-c3ccc(Cc4nc(-c5ccc(Cl)cc5Cl)cn4-c4ccc(N5CC(=O)NS5(=O)=O)cc4)cc3)cc2)CC1. The molecular weight excluding hydrogens is 747 g/mol. The van der Waals surface area contributed by atoms with E-state index in [0.29, 0.717) is 47.5 Å². The van der Waals surface area contributed by atoms with E-state index in [1.807, 2.05) is 42.3 Å². The molecule has 1 N–H and O–H groups in total. The average molecular weight is 788 g/mol. The van der Waals surface area contributed by atoms with E-state index in [1.54, 1.807) is 41.3 Å². The van der Waals surface area contributed by atoms with E-state index in [2.05, 4.69) is 53.4 Å². The van der Waals surface area contributed by atoms with E-state index in [1.165, 1.54) is 0 Å². The zero-order chi connectivity index (χ0) is 38.2. The normalized spacial score (nSPS) is 15.7. The van der Waals surface area contributed by atoms with Crippen LogP contribution >= 0.6 is 23.2 Å². The highest BCUT2D eigenvalue weighted by molar-refractivity contribution is 7.92. The number of benzene rings is 4. The molecule has 1 aromatic heterocycles. The molecule has 4 aromatic carbocycles. The highest BCUT2D eigenvalue weighted by atomic mass is 35.5. The first-order chi connectivity index (χ1) is 25.7. The van der Waals surface area contributed by atoms with Gasteiger partial charge in [0.1, 0.15) is 12.4 Å². The fourth-order valence-corrected chi connectivity index (χ4v) is 8.08. The molecule has 3 heterocycles. The second-order valence-corrected chi connectivity index (χ2v) is 17.0. The number of carbonyl (C=O) groups excluding carboxylic acids is 2. The minimum absolute atomic E-state index is 0.0665. The zero-order valence-electron chi connectivity index (χ0n) is 30.1. The number of halogens is 2. The van der Waals surface area contributed by atoms with E-state index in [0.717, 1.165) is 56.8 Å². The smallest absolute Gasteiger partial charge is 0.409 e. The van der Waals surface area contributed by atoms with Gasteiger partial charge >= 0.3 is 16.3 Å². The number of amides is 2. The fourth-order valence-electron chi connectivity index (χ4n) is 6.43. The third-order valence-corrected chi connectivity index (χ3v) is 11.2. The lowest BCUT2D eigenvalue weighted by atomic mass is 9.99. The number of aromatic nitrogens is 2. The average Bonchev–Trinajstić information content (AvgIpc) is 3.68. The Morgan fingerprint density at radius 2 is 1.44 bits per heavy atom. The molecule has 0 aliphatic carbocycles. The Hall–Kier alpha value is -5.04. The Balaban J connectivity index is 1.06. The Labute approximate surface area is 325 Å². The van der Waals surface area contributed by atoms with E-state index in [9.17, 15) is 18.0 Å². The van der Waals surface area contributed by atoms with Crippen molar-refractivity contribution in [2.24, 2.45) is 5.41 Å². The van der Waals surface area contributed by atoms with E-state index >= 15 is 0 Å². The zero-order valence-corrected chi connectivity index (χ0v) is 32.5. The van der Waals surface area contributed by atoms with Gasteiger partial charge in [0.05, 0.1) is 23.0 Å². The molecule has 11 nitrogen and oxygen atoms in total. The number of carbonyl (C=O) groups is 2. The minimum Gasteiger partial charge on any atom is -0.449 e. The maximum Gasteiger partial charge on any atom is 0.409 e. The first kappa shape index (κ1) is 37.3. The molecule has 7 rings (SSSR count). The van der Waals surface area contributed by atoms with Gasteiger partial charge in [-0.15, -0.1) is 0 Å². The van der Waals surface area contributed by atoms with Gasteiger partial charge in [0.25, 0.3) is 5.91 Å². The Bertz CT molecular complexity index is 2280. The molecule has 0 atom stereocenters. The van der Waals surface area contributed by atoms with Crippen molar-refractivity contribution < 1.29 is 22.7 Å². The first-order valence-electron chi connectivity index (χ1n) is 17.6. The molecule has 2 fully saturated rings. The molecule has 5 aromatic rings. The van der Waals surface area contributed by atoms with Crippen molar-refractivity contribution in [3.8, 4) is 28.1 Å². The summed E-state index contributed by atoms with van der Waals surface area (Å²) in [5.41, 5.74) is 6.77. The van der Waals surface area contributed by atoms with Crippen molar-refractivity contribution in [1.82, 2.24) is 19.2 Å². The number of piperazine rings is 1. The lowest BCUT2D eigenvalue weighted by Crippen LogP contribution is -2.49. The molecule has 0 saturated carbocycles. The van der Waals surface area contributed by atoms with Crippen LogP contribution < -0.4 is 13.9 Å². The maximum atomic E-state index is 12.5. The van der Waals surface area contributed by atoms with Gasteiger partial charge in [-0.1, -0.05) is 80.4 Å². The molecule has 2 amide bonds. The number of ether oxygens (including phenoxy) is 1. The van der Waals surface area contributed by atoms with Crippen molar-refractivity contribution in [3.05, 3.63) is 119 Å². The predicted molar refractivity (Wildman–Crippen MR) is 213 cm³/mol. The van der Waals surface area contributed by atoms with Crippen LogP contribution in [0.5, 0.6) is 0 Å². The molecule has 0 radical (unpaired) electrons. The van der Waals surface area contributed by atoms with E-state index in [-0.39, 0.29) is 18.1 Å². The predicted octanol–water partition coefficient (Wildman–Crippen LogP) is 7.59. The highest BCUT2D eigenvalue weighted by Crippen LogP contribution is 2.32. The van der Waals surface area contributed by atoms with Gasteiger partial charge in [0, 0.05) is 60.8 Å². The van der Waals surface area contributed by atoms with Gasteiger partial charge in [-0.05, 0) is 76.7 Å². The van der Waals surface area contributed by atoms with Crippen molar-refractivity contribution in [1.29, 1.82) is 0 Å². The van der Waals surface area contributed by atoms with Crippen LogP contribution in [-0.4, -0.2) is 74.2 Å². The summed E-state index contributed by atoms with van der Waals surface area (Å²) in [5.74, 6) is 0.167. The third-order valence-electron chi connectivity index (χ3n) is 9.27. The summed E-state index contributed by atoms with van der Waals surface area (Å²) < 4.78 is 35.3. The van der Waals surface area contributed by atoms with Crippen molar-refractivity contribution in [2.45, 2.75) is 27.2 Å². The Morgan fingerprint density at radius 3 is 2.04 bits per heavy atom. The molecule has 0 spiro atoms. The summed E-state index contributed by atoms with van der Waals surface area (Å²) in [4.78, 5) is 33.3. The topological polar surface area (TPSA) is 117 Å². The highest BCUT2D eigenvalue weighted by Gasteiger charge is 2.34. The minimum atomic E-state index is -3.93. The molecule has 2 aliphatic heterocycles. The van der Waals surface area contributed by atoms with Gasteiger partial charge in [0.2, 0.25) is 0 Å². The lowest BCUT2D eigenvalue weighted by molar-refractivity contribution is -0.117. The van der Waals surface area contributed by atoms with Crippen molar-refractivity contribution >= 4 is 56.8 Å². The summed E-state index contributed by atoms with van der Waals surface area (Å²) in [6.07, 6.45) is 2.15. The monoisotopic (exact) mass is 786 g/mol. The third kappa shape index (κ3) is 8.36.